The van der Waals surface area contributed by atoms with Gasteiger partial charge in [-0.15, -0.1) is 0 Å². The van der Waals surface area contributed by atoms with Crippen LogP contribution >= 0.6 is 0 Å². The van der Waals surface area contributed by atoms with Crippen molar-refractivity contribution in [3.63, 3.8) is 0 Å². The molecule has 0 fully saturated rings. The van der Waals surface area contributed by atoms with E-state index >= 15 is 0 Å². The molecule has 0 heterocycles. The Morgan fingerprint density at radius 1 is 1.50 bits per heavy atom. The Balaban J connectivity index is 2.24. The minimum atomic E-state index is 0.589. The first-order valence-electron chi connectivity index (χ1n) is 3.96. The smallest absolute Gasteiger partial charge is 0.198 e. The highest BCUT2D eigenvalue weighted by Crippen LogP contribution is 2.20. The van der Waals surface area contributed by atoms with Crippen LogP contribution in [0.15, 0.2) is 11.6 Å². The first kappa shape index (κ1) is 7.52. The average molecular weight is 137 g/mol. The van der Waals surface area contributed by atoms with Gasteiger partial charge in [0.2, 0.25) is 0 Å². The summed E-state index contributed by atoms with van der Waals surface area (Å²) in [5.74, 6) is 0. The number of hydrogen-bond donors (Lipinski definition) is 0. The lowest BCUT2D eigenvalue weighted by molar-refractivity contribution is 0.549. The Morgan fingerprint density at radius 3 is 3.00 bits per heavy atom. The molecule has 1 radical (unpaired) electrons. The highest BCUT2D eigenvalue weighted by atomic mass is 16.1. The maximum Gasteiger partial charge on any atom is 0.198 e. The lowest BCUT2D eigenvalue weighted by Crippen LogP contribution is -1.91. The zero-order chi connectivity index (χ0) is 7.23. The highest BCUT2D eigenvalue weighted by molar-refractivity contribution is 5.50. The molecule has 1 aliphatic carbocycles. The minimum absolute atomic E-state index is 0.589. The molecule has 1 nitrogen and oxygen atoms in total. The first-order valence-corrected chi connectivity index (χ1v) is 3.96. The number of carbonyl (C=O) groups excluding carboxylic acids is 1. The second-order valence-corrected chi connectivity index (χ2v) is 2.75. The van der Waals surface area contributed by atoms with E-state index in [2.05, 4.69) is 6.08 Å². The van der Waals surface area contributed by atoms with E-state index in [1.807, 2.05) is 6.29 Å². The summed E-state index contributed by atoms with van der Waals surface area (Å²) in [5, 5.41) is 0. The Bertz CT molecular complexity index is 136. The second-order valence-electron chi connectivity index (χ2n) is 2.75. The molecule has 1 aliphatic rings. The third kappa shape index (κ3) is 2.34. The maximum atomic E-state index is 9.90. The molecule has 0 N–H and O–H groups in total. The number of hydrogen-bond acceptors (Lipinski definition) is 1. The molecule has 0 bridgehead atoms. The van der Waals surface area contributed by atoms with Gasteiger partial charge in [-0.3, -0.25) is 4.79 Å². The SMILES string of the molecule is O=[C]CCC1=CCCCC1. The molecule has 0 saturated carbocycles. The molecule has 0 amide bonds. The van der Waals surface area contributed by atoms with Crippen molar-refractivity contribution in [1.29, 1.82) is 0 Å². The van der Waals surface area contributed by atoms with Crippen molar-refractivity contribution >= 4 is 6.29 Å². The summed E-state index contributed by atoms with van der Waals surface area (Å²) < 4.78 is 0. The van der Waals surface area contributed by atoms with Crippen LogP contribution in [0, 0.1) is 0 Å². The Kier molecular flexibility index (Phi) is 3.20. The summed E-state index contributed by atoms with van der Waals surface area (Å²) >= 11 is 0. The fraction of sp³-hybridized carbons (Fsp3) is 0.667. The molecule has 55 valence electrons. The second kappa shape index (κ2) is 4.26. The van der Waals surface area contributed by atoms with E-state index in [0.717, 1.165) is 6.42 Å². The van der Waals surface area contributed by atoms with Crippen LogP contribution in [0.25, 0.3) is 0 Å². The fourth-order valence-electron chi connectivity index (χ4n) is 1.34. The average Bonchev–Trinajstić information content (AvgIpc) is 2.03. The lowest BCUT2D eigenvalue weighted by Gasteiger charge is -2.10. The standard InChI is InChI=1S/C9H13O/c10-8-4-7-9-5-2-1-3-6-9/h5H,1-4,6-7H2. The number of allylic oxidation sites excluding steroid dienone is 2. The van der Waals surface area contributed by atoms with Crippen LogP contribution in [0.4, 0.5) is 0 Å². The summed E-state index contributed by atoms with van der Waals surface area (Å²) in [5.41, 5.74) is 1.47. The van der Waals surface area contributed by atoms with Crippen molar-refractivity contribution in [1.82, 2.24) is 0 Å². The molecular formula is C9H13O. The molecule has 0 aromatic carbocycles. The largest absolute Gasteiger partial charge is 0.291 e. The third-order valence-electron chi connectivity index (χ3n) is 1.93. The van der Waals surface area contributed by atoms with Crippen LogP contribution in [0.2, 0.25) is 0 Å². The fourth-order valence-corrected chi connectivity index (χ4v) is 1.34. The van der Waals surface area contributed by atoms with Crippen molar-refractivity contribution < 1.29 is 4.79 Å². The van der Waals surface area contributed by atoms with Gasteiger partial charge in [0.05, 0.1) is 0 Å². The molecule has 1 heteroatoms. The van der Waals surface area contributed by atoms with E-state index in [-0.39, 0.29) is 0 Å². The highest BCUT2D eigenvalue weighted by Gasteiger charge is 2.01. The topological polar surface area (TPSA) is 17.1 Å². The summed E-state index contributed by atoms with van der Waals surface area (Å²) in [7, 11) is 0. The van der Waals surface area contributed by atoms with E-state index in [4.69, 9.17) is 0 Å². The van der Waals surface area contributed by atoms with E-state index in [1.54, 1.807) is 0 Å². The van der Waals surface area contributed by atoms with Gasteiger partial charge in [0.25, 0.3) is 0 Å². The molecule has 0 saturated heterocycles. The van der Waals surface area contributed by atoms with Gasteiger partial charge in [-0.1, -0.05) is 11.6 Å². The number of rotatable bonds is 3. The van der Waals surface area contributed by atoms with E-state index in [0.29, 0.717) is 6.42 Å². The third-order valence-corrected chi connectivity index (χ3v) is 1.93. The van der Waals surface area contributed by atoms with Crippen LogP contribution in [0.5, 0.6) is 0 Å². The summed E-state index contributed by atoms with van der Waals surface area (Å²) in [6.07, 6.45) is 10.8. The van der Waals surface area contributed by atoms with Gasteiger partial charge >= 0.3 is 0 Å². The van der Waals surface area contributed by atoms with Crippen LogP contribution in [0.1, 0.15) is 38.5 Å². The summed E-state index contributed by atoms with van der Waals surface area (Å²) in [6.45, 7) is 0. The first-order chi connectivity index (χ1) is 4.93. The maximum absolute atomic E-state index is 9.90. The van der Waals surface area contributed by atoms with Gasteiger partial charge in [-0.25, -0.2) is 0 Å². The van der Waals surface area contributed by atoms with Gasteiger partial charge in [0.15, 0.2) is 6.29 Å². The van der Waals surface area contributed by atoms with E-state index in [1.165, 1.54) is 31.3 Å². The molecule has 0 aliphatic heterocycles. The van der Waals surface area contributed by atoms with Gasteiger partial charge in [0, 0.05) is 6.42 Å². The van der Waals surface area contributed by atoms with Gasteiger partial charge < -0.3 is 0 Å². The minimum Gasteiger partial charge on any atom is -0.291 e. The van der Waals surface area contributed by atoms with Crippen molar-refractivity contribution in [2.75, 3.05) is 0 Å². The molecule has 0 aromatic heterocycles. The lowest BCUT2D eigenvalue weighted by atomic mass is 9.96. The molecule has 0 atom stereocenters. The monoisotopic (exact) mass is 137 g/mol. The molecule has 1 rings (SSSR count). The van der Waals surface area contributed by atoms with Crippen LogP contribution in [-0.4, -0.2) is 6.29 Å². The summed E-state index contributed by atoms with van der Waals surface area (Å²) in [4.78, 5) is 9.90. The normalized spacial score (nSPS) is 18.2. The predicted octanol–water partition coefficient (Wildman–Crippen LogP) is 2.38. The van der Waals surface area contributed by atoms with Crippen molar-refractivity contribution in [2.24, 2.45) is 0 Å². The van der Waals surface area contributed by atoms with Gasteiger partial charge in [-0.2, -0.15) is 0 Å². The van der Waals surface area contributed by atoms with Crippen LogP contribution < -0.4 is 0 Å². The van der Waals surface area contributed by atoms with Gasteiger partial charge in [-0.05, 0) is 32.1 Å². The van der Waals surface area contributed by atoms with Crippen molar-refractivity contribution in [3.05, 3.63) is 11.6 Å². The Labute approximate surface area is 62.1 Å². The molecule has 0 spiro atoms. The van der Waals surface area contributed by atoms with E-state index in [9.17, 15) is 4.79 Å². The van der Waals surface area contributed by atoms with Crippen LogP contribution in [0.3, 0.4) is 0 Å². The predicted molar refractivity (Wildman–Crippen MR) is 41.5 cm³/mol. The summed E-state index contributed by atoms with van der Waals surface area (Å²) in [6, 6.07) is 0. The molecule has 0 unspecified atom stereocenters. The Morgan fingerprint density at radius 2 is 2.40 bits per heavy atom. The molecule has 0 aromatic rings. The Hall–Kier alpha value is -0.590. The quantitative estimate of drug-likeness (QED) is 0.546. The zero-order valence-electron chi connectivity index (χ0n) is 6.23. The zero-order valence-corrected chi connectivity index (χ0v) is 6.23. The van der Waals surface area contributed by atoms with Gasteiger partial charge in [0.1, 0.15) is 0 Å². The van der Waals surface area contributed by atoms with Crippen molar-refractivity contribution in [3.8, 4) is 0 Å². The molecular weight excluding hydrogens is 124 g/mol. The molecule has 10 heavy (non-hydrogen) atoms. The van der Waals surface area contributed by atoms with E-state index < -0.39 is 0 Å². The van der Waals surface area contributed by atoms with Crippen molar-refractivity contribution in [2.45, 2.75) is 38.5 Å². The van der Waals surface area contributed by atoms with Crippen LogP contribution in [-0.2, 0) is 4.79 Å².